The lowest BCUT2D eigenvalue weighted by Gasteiger charge is -2.23. The van der Waals surface area contributed by atoms with E-state index in [4.69, 9.17) is 0 Å². The molecule has 0 aliphatic heterocycles. The summed E-state index contributed by atoms with van der Waals surface area (Å²) >= 11 is 0. The minimum absolute atomic E-state index is 0.0422. The molecular formula is C8H10F3O2. The number of halogens is 3. The molecule has 2 atom stereocenters. The predicted molar refractivity (Wildman–Crippen MR) is 40.7 cm³/mol. The summed E-state index contributed by atoms with van der Waals surface area (Å²) in [7, 11) is 0. The molecule has 0 saturated carbocycles. The molecule has 1 radical (unpaired) electrons. The first kappa shape index (κ1) is 12.0. The maximum Gasteiger partial charge on any atom is 0.395 e. The summed E-state index contributed by atoms with van der Waals surface area (Å²) in [5.41, 5.74) is 0. The summed E-state index contributed by atoms with van der Waals surface area (Å²) in [6.45, 7) is 6.23. The van der Waals surface area contributed by atoms with Crippen LogP contribution in [0, 0.1) is 12.8 Å². The Bertz CT molecular complexity index is 177. The number of allylic oxidation sites excluding steroid dienone is 1. The number of rotatable bonds is 5. The third kappa shape index (κ3) is 3.96. The van der Waals surface area contributed by atoms with Gasteiger partial charge in [-0.2, -0.15) is 13.2 Å². The fourth-order valence-electron chi connectivity index (χ4n) is 0.842. The maximum atomic E-state index is 12.2. The van der Waals surface area contributed by atoms with Crippen molar-refractivity contribution in [3.8, 4) is 0 Å². The summed E-state index contributed by atoms with van der Waals surface area (Å²) in [5, 5.41) is 0. The van der Waals surface area contributed by atoms with Crippen LogP contribution in [0.25, 0.3) is 0 Å². The molecule has 2 nitrogen and oxygen atoms in total. The number of hydrogen-bond donors (Lipinski definition) is 0. The monoisotopic (exact) mass is 195 g/mol. The largest absolute Gasteiger partial charge is 0.464 e. The Labute approximate surface area is 74.4 Å². The van der Waals surface area contributed by atoms with Crippen molar-refractivity contribution in [1.82, 2.24) is 0 Å². The molecule has 0 fully saturated rings. The van der Waals surface area contributed by atoms with Crippen LogP contribution in [0.2, 0.25) is 0 Å². The lowest BCUT2D eigenvalue weighted by atomic mass is 9.99. The van der Waals surface area contributed by atoms with Gasteiger partial charge in [0.2, 0.25) is 0 Å². The van der Waals surface area contributed by atoms with Gasteiger partial charge in [0.25, 0.3) is 6.47 Å². The Balaban J connectivity index is 4.39. The van der Waals surface area contributed by atoms with Crippen molar-refractivity contribution >= 4 is 6.47 Å². The maximum absolute atomic E-state index is 12.2. The fourth-order valence-corrected chi connectivity index (χ4v) is 0.842. The summed E-state index contributed by atoms with van der Waals surface area (Å²) in [6.07, 6.45) is -5.05. The van der Waals surface area contributed by atoms with Gasteiger partial charge in [0.1, 0.15) is 6.10 Å². The van der Waals surface area contributed by atoms with Gasteiger partial charge >= 0.3 is 6.18 Å². The average Bonchev–Trinajstić information content (AvgIpc) is 1.98. The van der Waals surface area contributed by atoms with Crippen LogP contribution in [0.5, 0.6) is 0 Å². The van der Waals surface area contributed by atoms with Crippen LogP contribution in [0.4, 0.5) is 13.2 Å². The minimum Gasteiger partial charge on any atom is -0.464 e. The summed E-state index contributed by atoms with van der Waals surface area (Å²) < 4.78 is 40.7. The number of ether oxygens (including phenoxy) is 1. The molecule has 0 aromatic heterocycles. The Morgan fingerprint density at radius 1 is 1.46 bits per heavy atom. The molecule has 0 aromatic rings. The highest BCUT2D eigenvalue weighted by Crippen LogP contribution is 2.32. The van der Waals surface area contributed by atoms with E-state index in [1.165, 1.54) is 0 Å². The van der Waals surface area contributed by atoms with E-state index in [0.717, 1.165) is 6.08 Å². The highest BCUT2D eigenvalue weighted by atomic mass is 19.4. The van der Waals surface area contributed by atoms with Crippen LogP contribution >= 0.6 is 0 Å². The zero-order chi connectivity index (χ0) is 10.5. The van der Waals surface area contributed by atoms with E-state index in [0.29, 0.717) is 0 Å². The minimum atomic E-state index is -4.43. The fraction of sp³-hybridized carbons (Fsp3) is 0.500. The van der Waals surface area contributed by atoms with Crippen molar-refractivity contribution in [3.63, 3.8) is 0 Å². The zero-order valence-electron chi connectivity index (χ0n) is 6.88. The molecule has 0 saturated heterocycles. The molecule has 0 rings (SSSR count). The van der Waals surface area contributed by atoms with E-state index in [1.807, 2.05) is 0 Å². The molecule has 0 heterocycles. The van der Waals surface area contributed by atoms with Gasteiger partial charge in [-0.05, 0) is 13.3 Å². The molecule has 13 heavy (non-hydrogen) atoms. The van der Waals surface area contributed by atoms with E-state index in [2.05, 4.69) is 18.2 Å². The van der Waals surface area contributed by atoms with Crippen molar-refractivity contribution in [3.05, 3.63) is 19.6 Å². The molecular weight excluding hydrogens is 185 g/mol. The standard InChI is InChI=1S/C8H10F3O2/c1-3-4-7(8(9,10)11)6(2)13-5-12/h3,5-7H,1-2,4H2/t6-,7?/m1/s1. The summed E-state index contributed by atoms with van der Waals surface area (Å²) in [6, 6.07) is 0. The van der Waals surface area contributed by atoms with Crippen molar-refractivity contribution in [2.24, 2.45) is 5.92 Å². The first-order valence-corrected chi connectivity index (χ1v) is 3.53. The highest BCUT2D eigenvalue weighted by Gasteiger charge is 2.43. The Morgan fingerprint density at radius 3 is 2.31 bits per heavy atom. The van der Waals surface area contributed by atoms with Crippen molar-refractivity contribution in [2.75, 3.05) is 0 Å². The van der Waals surface area contributed by atoms with Crippen molar-refractivity contribution in [1.29, 1.82) is 0 Å². The molecule has 0 spiro atoms. The van der Waals surface area contributed by atoms with Gasteiger partial charge in [-0.1, -0.05) is 6.08 Å². The third-order valence-electron chi connectivity index (χ3n) is 1.52. The number of carbonyl (C=O) groups is 1. The molecule has 0 aliphatic rings. The van der Waals surface area contributed by atoms with Gasteiger partial charge in [0.15, 0.2) is 0 Å². The molecule has 0 bridgehead atoms. The molecule has 1 unspecified atom stereocenters. The molecule has 75 valence electrons. The smallest absolute Gasteiger partial charge is 0.395 e. The van der Waals surface area contributed by atoms with Crippen molar-refractivity contribution < 1.29 is 22.7 Å². The van der Waals surface area contributed by atoms with Gasteiger partial charge in [-0.3, -0.25) is 4.79 Å². The molecule has 0 aromatic carbocycles. The topological polar surface area (TPSA) is 26.3 Å². The number of carbonyl (C=O) groups excluding carboxylic acids is 1. The molecule has 5 heteroatoms. The second kappa shape index (κ2) is 4.89. The molecule has 0 N–H and O–H groups in total. The van der Waals surface area contributed by atoms with Crippen LogP contribution in [0.1, 0.15) is 6.42 Å². The van der Waals surface area contributed by atoms with Crippen LogP contribution < -0.4 is 0 Å². The van der Waals surface area contributed by atoms with Gasteiger partial charge in [0, 0.05) is 0 Å². The first-order valence-electron chi connectivity index (χ1n) is 3.53. The second-order valence-electron chi connectivity index (χ2n) is 2.44. The Hall–Kier alpha value is -1.00. The summed E-state index contributed by atoms with van der Waals surface area (Å²) in [4.78, 5) is 9.80. The van der Waals surface area contributed by atoms with Crippen LogP contribution in [-0.2, 0) is 9.53 Å². The van der Waals surface area contributed by atoms with E-state index in [9.17, 15) is 18.0 Å². The Kier molecular flexibility index (Phi) is 4.51. The third-order valence-corrected chi connectivity index (χ3v) is 1.52. The molecule has 0 amide bonds. The first-order chi connectivity index (χ1) is 5.93. The normalized spacial score (nSPS) is 16.0. The van der Waals surface area contributed by atoms with Gasteiger partial charge < -0.3 is 4.74 Å². The SMILES string of the molecule is [CH2][C@@H](OC=O)C(CC=C)C(F)(F)F. The van der Waals surface area contributed by atoms with E-state index in [1.54, 1.807) is 0 Å². The van der Waals surface area contributed by atoms with E-state index >= 15 is 0 Å². The molecule has 0 aliphatic carbocycles. The lowest BCUT2D eigenvalue weighted by Crippen LogP contribution is -2.33. The highest BCUT2D eigenvalue weighted by molar-refractivity contribution is 5.37. The van der Waals surface area contributed by atoms with Crippen LogP contribution in [0.3, 0.4) is 0 Å². The van der Waals surface area contributed by atoms with Crippen LogP contribution in [-0.4, -0.2) is 18.8 Å². The second-order valence-corrected chi connectivity index (χ2v) is 2.44. The van der Waals surface area contributed by atoms with Crippen LogP contribution in [0.15, 0.2) is 12.7 Å². The predicted octanol–water partition coefficient (Wildman–Crippen LogP) is 2.12. The lowest BCUT2D eigenvalue weighted by molar-refractivity contribution is -0.197. The van der Waals surface area contributed by atoms with E-state index < -0.39 is 18.2 Å². The van der Waals surface area contributed by atoms with Gasteiger partial charge in [0.05, 0.1) is 5.92 Å². The Morgan fingerprint density at radius 2 is 2.00 bits per heavy atom. The number of hydrogen-bond acceptors (Lipinski definition) is 2. The van der Waals surface area contributed by atoms with Gasteiger partial charge in [-0.15, -0.1) is 6.58 Å². The van der Waals surface area contributed by atoms with Gasteiger partial charge in [-0.25, -0.2) is 0 Å². The van der Waals surface area contributed by atoms with E-state index in [-0.39, 0.29) is 12.9 Å². The zero-order valence-corrected chi connectivity index (χ0v) is 6.88. The van der Waals surface area contributed by atoms with Crippen molar-refractivity contribution in [2.45, 2.75) is 18.7 Å². The average molecular weight is 195 g/mol. The number of alkyl halides is 3. The quantitative estimate of drug-likeness (QED) is 0.496. The summed E-state index contributed by atoms with van der Waals surface area (Å²) in [5.74, 6) is -1.78.